The standard InChI is InChI=1S/C30H25N3O/c1-2-32-26-14-8-6-12-22(26)24-18-21(16-17-27(24)32)30-33-28(23-13-7-9-15-29(23)34-30)19-25(31-33)20-10-4-3-5-11-20/h3-18,28,30H,2,19H2,1H3. The molecule has 2 aliphatic heterocycles. The Hall–Kier alpha value is -4.05. The Morgan fingerprint density at radius 1 is 0.824 bits per heavy atom. The van der Waals surface area contributed by atoms with Gasteiger partial charge in [-0.15, -0.1) is 0 Å². The number of fused-ring (bicyclic) bond motifs is 6. The highest BCUT2D eigenvalue weighted by atomic mass is 16.5. The zero-order chi connectivity index (χ0) is 22.6. The van der Waals surface area contributed by atoms with E-state index in [2.05, 4.69) is 114 Å². The van der Waals surface area contributed by atoms with Crippen molar-refractivity contribution in [3.63, 3.8) is 0 Å². The Balaban J connectivity index is 1.39. The number of aromatic nitrogens is 1. The van der Waals surface area contributed by atoms with Gasteiger partial charge in [-0.2, -0.15) is 5.10 Å². The van der Waals surface area contributed by atoms with E-state index in [1.807, 2.05) is 0 Å². The van der Waals surface area contributed by atoms with Crippen LogP contribution in [0.15, 0.2) is 102 Å². The zero-order valence-electron chi connectivity index (χ0n) is 19.1. The highest BCUT2D eigenvalue weighted by molar-refractivity contribution is 6.08. The third-order valence-electron chi connectivity index (χ3n) is 7.20. The van der Waals surface area contributed by atoms with Crippen molar-refractivity contribution in [2.24, 2.45) is 5.10 Å². The van der Waals surface area contributed by atoms with Crippen LogP contribution in [0.2, 0.25) is 0 Å². The Labute approximate surface area is 198 Å². The van der Waals surface area contributed by atoms with E-state index in [4.69, 9.17) is 9.84 Å². The van der Waals surface area contributed by atoms with E-state index in [1.165, 1.54) is 32.9 Å². The van der Waals surface area contributed by atoms with Crippen LogP contribution in [0, 0.1) is 0 Å². The molecular formula is C30H25N3O. The lowest BCUT2D eigenvalue weighted by Crippen LogP contribution is -2.33. The van der Waals surface area contributed by atoms with Crippen molar-refractivity contribution in [3.05, 3.63) is 114 Å². The van der Waals surface area contributed by atoms with Crippen molar-refractivity contribution in [3.8, 4) is 5.75 Å². The van der Waals surface area contributed by atoms with Crippen LogP contribution < -0.4 is 4.74 Å². The number of rotatable bonds is 3. The van der Waals surface area contributed by atoms with Gasteiger partial charge in [0.05, 0.1) is 11.8 Å². The molecule has 4 heteroatoms. The molecule has 4 aromatic carbocycles. The summed E-state index contributed by atoms with van der Waals surface area (Å²) in [5.41, 5.74) is 7.15. The summed E-state index contributed by atoms with van der Waals surface area (Å²) in [6, 6.07) is 34.5. The summed E-state index contributed by atoms with van der Waals surface area (Å²) in [5, 5.41) is 9.84. The molecule has 34 heavy (non-hydrogen) atoms. The fraction of sp³-hybridized carbons (Fsp3) is 0.167. The monoisotopic (exact) mass is 443 g/mol. The molecule has 2 unspecified atom stereocenters. The first-order valence-corrected chi connectivity index (χ1v) is 12.0. The van der Waals surface area contributed by atoms with Crippen LogP contribution in [0.4, 0.5) is 0 Å². The molecule has 2 aliphatic rings. The fourth-order valence-electron chi connectivity index (χ4n) is 5.62. The molecular weight excluding hydrogens is 418 g/mol. The Morgan fingerprint density at radius 3 is 2.47 bits per heavy atom. The average Bonchev–Trinajstić information content (AvgIpc) is 3.48. The van der Waals surface area contributed by atoms with E-state index in [-0.39, 0.29) is 12.3 Å². The predicted molar refractivity (Wildman–Crippen MR) is 137 cm³/mol. The molecule has 3 heterocycles. The van der Waals surface area contributed by atoms with Crippen molar-refractivity contribution in [1.82, 2.24) is 9.58 Å². The van der Waals surface area contributed by atoms with E-state index in [9.17, 15) is 0 Å². The number of hydrazone groups is 1. The molecule has 0 radical (unpaired) electrons. The SMILES string of the molecule is CCn1c2ccccc2c2cc(C3Oc4ccccc4C4CC(c5ccccc5)=NN43)ccc21. The van der Waals surface area contributed by atoms with Gasteiger partial charge in [0.1, 0.15) is 5.75 Å². The van der Waals surface area contributed by atoms with Crippen molar-refractivity contribution in [2.75, 3.05) is 0 Å². The van der Waals surface area contributed by atoms with Gasteiger partial charge in [-0.3, -0.25) is 0 Å². The molecule has 0 aliphatic carbocycles. The van der Waals surface area contributed by atoms with Gasteiger partial charge in [0.2, 0.25) is 6.23 Å². The Kier molecular flexibility index (Phi) is 4.28. The minimum atomic E-state index is -0.269. The van der Waals surface area contributed by atoms with E-state index < -0.39 is 0 Å². The second-order valence-electron chi connectivity index (χ2n) is 9.06. The number of hydrogen-bond acceptors (Lipinski definition) is 3. The molecule has 2 atom stereocenters. The van der Waals surface area contributed by atoms with Crippen LogP contribution in [0.25, 0.3) is 21.8 Å². The molecule has 0 saturated carbocycles. The van der Waals surface area contributed by atoms with Crippen molar-refractivity contribution >= 4 is 27.5 Å². The molecule has 7 rings (SSSR count). The van der Waals surface area contributed by atoms with E-state index >= 15 is 0 Å². The van der Waals surface area contributed by atoms with Crippen LogP contribution in [0.5, 0.6) is 5.75 Å². The number of aryl methyl sites for hydroxylation is 1. The maximum atomic E-state index is 6.62. The van der Waals surface area contributed by atoms with Crippen molar-refractivity contribution in [2.45, 2.75) is 32.2 Å². The quantitative estimate of drug-likeness (QED) is 0.299. The zero-order valence-corrected chi connectivity index (χ0v) is 19.1. The Bertz CT molecular complexity index is 1570. The molecule has 1 aromatic heterocycles. The number of nitrogens with zero attached hydrogens (tertiary/aromatic N) is 3. The number of para-hydroxylation sites is 2. The minimum Gasteiger partial charge on any atom is -0.464 e. The first-order chi connectivity index (χ1) is 16.8. The summed E-state index contributed by atoms with van der Waals surface area (Å²) in [4.78, 5) is 0. The summed E-state index contributed by atoms with van der Waals surface area (Å²) in [6.45, 7) is 3.14. The molecule has 0 bridgehead atoms. The van der Waals surface area contributed by atoms with Crippen LogP contribution in [0.3, 0.4) is 0 Å². The second kappa shape index (κ2) is 7.49. The van der Waals surface area contributed by atoms with Gasteiger partial charge in [0, 0.05) is 45.9 Å². The number of benzene rings is 4. The molecule has 5 aromatic rings. The summed E-state index contributed by atoms with van der Waals surface area (Å²) in [5.74, 6) is 0.953. The lowest BCUT2D eigenvalue weighted by atomic mass is 9.96. The average molecular weight is 444 g/mol. The van der Waals surface area contributed by atoms with Crippen LogP contribution in [-0.4, -0.2) is 15.3 Å². The van der Waals surface area contributed by atoms with Gasteiger partial charge in [-0.05, 0) is 36.8 Å². The highest BCUT2D eigenvalue weighted by Crippen LogP contribution is 2.48. The predicted octanol–water partition coefficient (Wildman–Crippen LogP) is 7.06. The second-order valence-corrected chi connectivity index (χ2v) is 9.06. The first kappa shape index (κ1) is 19.4. The van der Waals surface area contributed by atoms with Crippen LogP contribution >= 0.6 is 0 Å². The van der Waals surface area contributed by atoms with Gasteiger partial charge in [-0.25, -0.2) is 5.01 Å². The number of hydrogen-bond donors (Lipinski definition) is 0. The normalized spacial score (nSPS) is 19.1. The first-order valence-electron chi connectivity index (χ1n) is 12.0. The van der Waals surface area contributed by atoms with Gasteiger partial charge in [-0.1, -0.05) is 72.8 Å². The summed E-state index contributed by atoms with van der Waals surface area (Å²) in [7, 11) is 0. The maximum absolute atomic E-state index is 6.62. The topological polar surface area (TPSA) is 29.8 Å². The summed E-state index contributed by atoms with van der Waals surface area (Å²) >= 11 is 0. The lowest BCUT2D eigenvalue weighted by Gasteiger charge is -2.38. The highest BCUT2D eigenvalue weighted by Gasteiger charge is 2.40. The minimum absolute atomic E-state index is 0.165. The summed E-state index contributed by atoms with van der Waals surface area (Å²) in [6.07, 6.45) is 0.604. The number of ether oxygens (including phenoxy) is 1. The molecule has 0 amide bonds. The molecule has 4 nitrogen and oxygen atoms in total. The molecule has 0 N–H and O–H groups in total. The van der Waals surface area contributed by atoms with E-state index in [1.54, 1.807) is 0 Å². The molecule has 0 spiro atoms. The van der Waals surface area contributed by atoms with Gasteiger partial charge >= 0.3 is 0 Å². The summed E-state index contributed by atoms with van der Waals surface area (Å²) < 4.78 is 9.01. The molecule has 0 saturated heterocycles. The van der Waals surface area contributed by atoms with Crippen LogP contribution in [0.1, 0.15) is 42.3 Å². The van der Waals surface area contributed by atoms with Gasteiger partial charge in [0.25, 0.3) is 0 Å². The van der Waals surface area contributed by atoms with E-state index in [0.717, 1.165) is 30.0 Å². The largest absolute Gasteiger partial charge is 0.464 e. The fourth-order valence-corrected chi connectivity index (χ4v) is 5.62. The molecule has 0 fully saturated rings. The Morgan fingerprint density at radius 2 is 1.59 bits per heavy atom. The third kappa shape index (κ3) is 2.81. The maximum Gasteiger partial charge on any atom is 0.213 e. The van der Waals surface area contributed by atoms with Crippen molar-refractivity contribution < 1.29 is 4.74 Å². The lowest BCUT2D eigenvalue weighted by molar-refractivity contribution is -0.0189. The smallest absolute Gasteiger partial charge is 0.213 e. The third-order valence-corrected chi connectivity index (χ3v) is 7.20. The van der Waals surface area contributed by atoms with Gasteiger partial charge < -0.3 is 9.30 Å². The van der Waals surface area contributed by atoms with E-state index in [0.29, 0.717) is 0 Å². The van der Waals surface area contributed by atoms with Crippen molar-refractivity contribution in [1.29, 1.82) is 0 Å². The van der Waals surface area contributed by atoms with Crippen LogP contribution in [-0.2, 0) is 6.54 Å². The van der Waals surface area contributed by atoms with Gasteiger partial charge in [0.15, 0.2) is 0 Å². The molecule has 166 valence electrons.